The number of nitrogens with zero attached hydrogens (tertiary/aromatic N) is 3. The highest BCUT2D eigenvalue weighted by Gasteiger charge is 2.46. The molecule has 0 spiro atoms. The van der Waals surface area contributed by atoms with Gasteiger partial charge >= 0.3 is 0 Å². The molecule has 2 aromatic rings. The van der Waals surface area contributed by atoms with Crippen LogP contribution in [-0.4, -0.2) is 33.4 Å². The standard InChI is InChI=1S/C17H24N4OS/c18-12-17(5-3-6-17)14-4-1-2-7-20(14)11-13-10-15(22)21-8-9-23-16(21)19-13/h8-10,14H,1-7,11-12,18H2. The van der Waals surface area contributed by atoms with Crippen LogP contribution in [0.5, 0.6) is 0 Å². The molecule has 0 amide bonds. The molecule has 1 aliphatic carbocycles. The van der Waals surface area contributed by atoms with Gasteiger partial charge in [0.1, 0.15) is 0 Å². The van der Waals surface area contributed by atoms with E-state index < -0.39 is 0 Å². The molecule has 1 saturated carbocycles. The number of nitrogens with two attached hydrogens (primary N) is 1. The van der Waals surface area contributed by atoms with Gasteiger partial charge in [0, 0.05) is 30.2 Å². The largest absolute Gasteiger partial charge is 0.330 e. The predicted molar refractivity (Wildman–Crippen MR) is 92.7 cm³/mol. The molecule has 1 unspecified atom stereocenters. The first-order valence-corrected chi connectivity index (χ1v) is 9.50. The zero-order valence-corrected chi connectivity index (χ0v) is 14.2. The molecule has 2 aliphatic rings. The number of piperidine rings is 1. The van der Waals surface area contributed by atoms with E-state index in [1.165, 1.54) is 49.9 Å². The Morgan fingerprint density at radius 2 is 2.22 bits per heavy atom. The van der Waals surface area contributed by atoms with Gasteiger partial charge in [-0.3, -0.25) is 14.1 Å². The summed E-state index contributed by atoms with van der Waals surface area (Å²) in [5.41, 5.74) is 7.38. The third kappa shape index (κ3) is 2.62. The molecule has 23 heavy (non-hydrogen) atoms. The number of rotatable bonds is 4. The highest BCUT2D eigenvalue weighted by Crippen LogP contribution is 2.47. The molecule has 5 nitrogen and oxygen atoms in total. The van der Waals surface area contributed by atoms with Crippen LogP contribution in [0.4, 0.5) is 0 Å². The Morgan fingerprint density at radius 3 is 2.96 bits per heavy atom. The van der Waals surface area contributed by atoms with Crippen LogP contribution in [0.15, 0.2) is 22.4 Å². The minimum absolute atomic E-state index is 0.0250. The minimum atomic E-state index is 0.0250. The fraction of sp³-hybridized carbons (Fsp3) is 0.647. The number of hydrogen-bond acceptors (Lipinski definition) is 5. The number of likely N-dealkylation sites (tertiary alicyclic amines) is 1. The van der Waals surface area contributed by atoms with Crippen LogP contribution >= 0.6 is 11.3 Å². The van der Waals surface area contributed by atoms with Gasteiger partial charge in [0.25, 0.3) is 5.56 Å². The first-order valence-electron chi connectivity index (χ1n) is 8.62. The van der Waals surface area contributed by atoms with Crippen molar-refractivity contribution < 1.29 is 0 Å². The number of thiazole rings is 1. The lowest BCUT2D eigenvalue weighted by atomic mass is 9.62. The van der Waals surface area contributed by atoms with E-state index in [4.69, 9.17) is 5.73 Å². The van der Waals surface area contributed by atoms with E-state index in [-0.39, 0.29) is 5.56 Å². The first kappa shape index (κ1) is 15.3. The predicted octanol–water partition coefficient (Wildman–Crippen LogP) is 2.24. The summed E-state index contributed by atoms with van der Waals surface area (Å²) in [4.78, 5) is 20.2. The van der Waals surface area contributed by atoms with Gasteiger partial charge < -0.3 is 5.73 Å². The summed E-state index contributed by atoms with van der Waals surface area (Å²) >= 11 is 1.52. The average molecular weight is 332 g/mol. The van der Waals surface area contributed by atoms with Gasteiger partial charge in [0.15, 0.2) is 4.96 Å². The molecule has 6 heteroatoms. The van der Waals surface area contributed by atoms with Gasteiger partial charge in [-0.15, -0.1) is 11.3 Å². The summed E-state index contributed by atoms with van der Waals surface area (Å²) in [7, 11) is 0. The fourth-order valence-electron chi connectivity index (χ4n) is 4.35. The third-order valence-electron chi connectivity index (χ3n) is 5.80. The highest BCUT2D eigenvalue weighted by atomic mass is 32.1. The zero-order chi connectivity index (χ0) is 15.9. The van der Waals surface area contributed by atoms with Gasteiger partial charge in [-0.1, -0.05) is 12.8 Å². The van der Waals surface area contributed by atoms with E-state index in [0.29, 0.717) is 11.5 Å². The van der Waals surface area contributed by atoms with Crippen molar-refractivity contribution in [3.63, 3.8) is 0 Å². The number of fused-ring (bicyclic) bond motifs is 1. The van der Waals surface area contributed by atoms with Gasteiger partial charge in [0.05, 0.1) is 5.69 Å². The van der Waals surface area contributed by atoms with E-state index in [9.17, 15) is 4.79 Å². The second kappa shape index (κ2) is 6.00. The van der Waals surface area contributed by atoms with E-state index in [1.54, 1.807) is 16.7 Å². The van der Waals surface area contributed by atoms with E-state index in [1.807, 2.05) is 5.38 Å². The molecule has 0 aromatic carbocycles. The van der Waals surface area contributed by atoms with Crippen molar-refractivity contribution in [1.82, 2.24) is 14.3 Å². The lowest BCUT2D eigenvalue weighted by molar-refractivity contribution is -0.0211. The summed E-state index contributed by atoms with van der Waals surface area (Å²) in [6.45, 7) is 2.65. The van der Waals surface area contributed by atoms with Crippen LogP contribution in [0.3, 0.4) is 0 Å². The Morgan fingerprint density at radius 1 is 1.35 bits per heavy atom. The van der Waals surface area contributed by atoms with Crippen molar-refractivity contribution in [3.8, 4) is 0 Å². The normalized spacial score (nSPS) is 24.7. The second-order valence-electron chi connectivity index (χ2n) is 7.04. The Hall–Kier alpha value is -1.24. The van der Waals surface area contributed by atoms with Crippen LogP contribution in [0.1, 0.15) is 44.2 Å². The van der Waals surface area contributed by atoms with Crippen molar-refractivity contribution in [3.05, 3.63) is 33.7 Å². The molecule has 0 radical (unpaired) electrons. The van der Waals surface area contributed by atoms with Crippen LogP contribution in [-0.2, 0) is 6.54 Å². The molecular formula is C17H24N4OS. The fourth-order valence-corrected chi connectivity index (χ4v) is 5.09. The molecule has 3 heterocycles. The van der Waals surface area contributed by atoms with Crippen molar-refractivity contribution >= 4 is 16.3 Å². The van der Waals surface area contributed by atoms with Gasteiger partial charge in [-0.2, -0.15) is 0 Å². The molecule has 1 atom stereocenters. The maximum Gasteiger partial charge on any atom is 0.258 e. The molecule has 1 saturated heterocycles. The van der Waals surface area contributed by atoms with Gasteiger partial charge in [0.2, 0.25) is 0 Å². The zero-order valence-electron chi connectivity index (χ0n) is 13.4. The molecule has 0 bridgehead atoms. The SMILES string of the molecule is NCC1(C2CCCCN2Cc2cc(=O)n3ccsc3n2)CCC1. The Bertz CT molecular complexity index is 743. The van der Waals surface area contributed by atoms with Gasteiger partial charge in [-0.05, 0) is 44.2 Å². The first-order chi connectivity index (χ1) is 11.2. The summed E-state index contributed by atoms with van der Waals surface area (Å²) in [6.07, 6.45) is 9.37. The van der Waals surface area contributed by atoms with Crippen molar-refractivity contribution in [2.24, 2.45) is 11.1 Å². The van der Waals surface area contributed by atoms with Crippen LogP contribution in [0.2, 0.25) is 0 Å². The van der Waals surface area contributed by atoms with E-state index in [2.05, 4.69) is 9.88 Å². The Labute approximate surface area is 140 Å². The molecule has 124 valence electrons. The third-order valence-corrected chi connectivity index (χ3v) is 6.55. The molecule has 2 aromatic heterocycles. The van der Waals surface area contributed by atoms with E-state index in [0.717, 1.165) is 30.3 Å². The summed E-state index contributed by atoms with van der Waals surface area (Å²) in [6, 6.07) is 2.25. The maximum atomic E-state index is 12.2. The van der Waals surface area contributed by atoms with Crippen molar-refractivity contribution in [2.75, 3.05) is 13.1 Å². The molecular weight excluding hydrogens is 308 g/mol. The Kier molecular flexibility index (Phi) is 3.99. The lowest BCUT2D eigenvalue weighted by Gasteiger charge is -2.53. The smallest absolute Gasteiger partial charge is 0.258 e. The maximum absolute atomic E-state index is 12.2. The Balaban J connectivity index is 1.60. The van der Waals surface area contributed by atoms with Crippen LogP contribution in [0.25, 0.3) is 4.96 Å². The monoisotopic (exact) mass is 332 g/mol. The van der Waals surface area contributed by atoms with E-state index >= 15 is 0 Å². The molecule has 2 fully saturated rings. The number of aromatic nitrogens is 2. The van der Waals surface area contributed by atoms with Crippen LogP contribution < -0.4 is 11.3 Å². The summed E-state index contributed by atoms with van der Waals surface area (Å²) in [5.74, 6) is 0. The van der Waals surface area contributed by atoms with Crippen LogP contribution in [0, 0.1) is 5.41 Å². The summed E-state index contributed by atoms with van der Waals surface area (Å²) < 4.78 is 1.62. The quantitative estimate of drug-likeness (QED) is 0.933. The minimum Gasteiger partial charge on any atom is -0.330 e. The number of hydrogen-bond donors (Lipinski definition) is 1. The molecule has 2 N–H and O–H groups in total. The lowest BCUT2D eigenvalue weighted by Crippen LogP contribution is -2.56. The molecule has 4 rings (SSSR count). The highest BCUT2D eigenvalue weighted by molar-refractivity contribution is 7.15. The van der Waals surface area contributed by atoms with Crippen molar-refractivity contribution in [2.45, 2.75) is 51.1 Å². The van der Waals surface area contributed by atoms with Crippen molar-refractivity contribution in [1.29, 1.82) is 0 Å². The second-order valence-corrected chi connectivity index (χ2v) is 7.92. The average Bonchev–Trinajstić information content (AvgIpc) is 2.97. The molecule has 1 aliphatic heterocycles. The van der Waals surface area contributed by atoms with Gasteiger partial charge in [-0.25, -0.2) is 4.98 Å². The topological polar surface area (TPSA) is 63.6 Å². The summed E-state index contributed by atoms with van der Waals surface area (Å²) in [5, 5.41) is 1.91.